The normalized spacial score (nSPS) is 17.7. The number of hydrogen-bond donors (Lipinski definition) is 0. The molecule has 0 aromatic carbocycles. The summed E-state index contributed by atoms with van der Waals surface area (Å²) in [4.78, 5) is 19.8. The van der Waals surface area contributed by atoms with Gasteiger partial charge in [-0.2, -0.15) is 0 Å². The minimum atomic E-state index is 0.674. The molecule has 2 rings (SSSR count). The maximum atomic E-state index is 11.0. The quantitative estimate of drug-likeness (QED) is 0.758. The van der Waals surface area contributed by atoms with Crippen molar-refractivity contribution in [1.29, 1.82) is 0 Å². The fraction of sp³-hybridized carbons (Fsp3) is 0.571. The third-order valence-electron chi connectivity index (χ3n) is 3.68. The number of aromatic nitrogens is 1. The summed E-state index contributed by atoms with van der Waals surface area (Å²) >= 11 is 0. The topological polar surface area (TPSA) is 36.4 Å². The average molecular weight is 247 g/mol. The summed E-state index contributed by atoms with van der Waals surface area (Å²) in [6, 6.07) is 3.62. The molecule has 18 heavy (non-hydrogen) atoms. The number of aldehydes is 1. The number of piperidine rings is 1. The van der Waals surface area contributed by atoms with Gasteiger partial charge in [-0.3, -0.25) is 4.79 Å². The number of anilines is 1. The van der Waals surface area contributed by atoms with Crippen LogP contribution in [0.4, 0.5) is 5.82 Å². The van der Waals surface area contributed by atoms with Gasteiger partial charge in [-0.1, -0.05) is 0 Å². The lowest BCUT2D eigenvalue weighted by molar-refractivity contribution is 0.112. The van der Waals surface area contributed by atoms with Crippen molar-refractivity contribution < 1.29 is 4.79 Å². The van der Waals surface area contributed by atoms with Crippen LogP contribution in [0.5, 0.6) is 0 Å². The Morgan fingerprint density at radius 2 is 2.22 bits per heavy atom. The highest BCUT2D eigenvalue weighted by Gasteiger charge is 2.19. The minimum Gasteiger partial charge on any atom is -0.359 e. The third kappa shape index (κ3) is 3.07. The maximum absolute atomic E-state index is 11.0. The Bertz CT molecular complexity index is 400. The first kappa shape index (κ1) is 13.0. The van der Waals surface area contributed by atoms with Crippen LogP contribution in [-0.2, 0) is 0 Å². The molecule has 4 heteroatoms. The fourth-order valence-electron chi connectivity index (χ4n) is 2.54. The van der Waals surface area contributed by atoms with Gasteiger partial charge in [0.1, 0.15) is 5.82 Å². The van der Waals surface area contributed by atoms with E-state index in [0.717, 1.165) is 18.6 Å². The third-order valence-corrected chi connectivity index (χ3v) is 3.68. The second-order valence-corrected chi connectivity index (χ2v) is 5.16. The van der Waals surface area contributed by atoms with Crippen molar-refractivity contribution in [2.24, 2.45) is 5.92 Å². The molecule has 0 N–H and O–H groups in total. The smallest absolute Gasteiger partial charge is 0.153 e. The van der Waals surface area contributed by atoms with Gasteiger partial charge < -0.3 is 9.80 Å². The van der Waals surface area contributed by atoms with Gasteiger partial charge in [0, 0.05) is 19.8 Å². The van der Waals surface area contributed by atoms with Crippen LogP contribution in [0, 0.1) is 5.92 Å². The number of likely N-dealkylation sites (tertiary alicyclic amines) is 1. The highest BCUT2D eigenvalue weighted by molar-refractivity contribution is 5.82. The van der Waals surface area contributed by atoms with Crippen molar-refractivity contribution in [3.05, 3.63) is 23.9 Å². The van der Waals surface area contributed by atoms with Crippen LogP contribution >= 0.6 is 0 Å². The van der Waals surface area contributed by atoms with Gasteiger partial charge >= 0.3 is 0 Å². The number of nitrogens with zero attached hydrogens (tertiary/aromatic N) is 3. The van der Waals surface area contributed by atoms with E-state index >= 15 is 0 Å². The Balaban J connectivity index is 1.99. The van der Waals surface area contributed by atoms with Gasteiger partial charge in [0.25, 0.3) is 0 Å². The Hall–Kier alpha value is -1.42. The van der Waals surface area contributed by atoms with Gasteiger partial charge in [0.05, 0.1) is 5.56 Å². The van der Waals surface area contributed by atoms with Gasteiger partial charge in [-0.15, -0.1) is 0 Å². The Morgan fingerprint density at radius 1 is 1.50 bits per heavy atom. The Labute approximate surface area is 109 Å². The molecule has 0 aliphatic carbocycles. The van der Waals surface area contributed by atoms with E-state index in [-0.39, 0.29) is 0 Å². The van der Waals surface area contributed by atoms with Crippen LogP contribution in [0.2, 0.25) is 0 Å². The van der Waals surface area contributed by atoms with Crippen LogP contribution < -0.4 is 4.90 Å². The molecule has 1 aliphatic rings. The van der Waals surface area contributed by atoms with Crippen molar-refractivity contribution >= 4 is 12.1 Å². The largest absolute Gasteiger partial charge is 0.359 e. The molecule has 4 nitrogen and oxygen atoms in total. The highest BCUT2D eigenvalue weighted by atomic mass is 16.1. The SMILES string of the molecule is CN1CCC(CN(C)c2ncccc2C=O)CC1. The molecule has 98 valence electrons. The van der Waals surface area contributed by atoms with E-state index in [0.29, 0.717) is 11.5 Å². The van der Waals surface area contributed by atoms with Gasteiger partial charge in [0.2, 0.25) is 0 Å². The highest BCUT2D eigenvalue weighted by Crippen LogP contribution is 2.20. The fourth-order valence-corrected chi connectivity index (χ4v) is 2.54. The summed E-state index contributed by atoms with van der Waals surface area (Å²) in [5.74, 6) is 1.50. The molecule has 1 aromatic rings. The first-order valence-electron chi connectivity index (χ1n) is 6.50. The Morgan fingerprint density at radius 3 is 2.89 bits per heavy atom. The number of carbonyl (C=O) groups is 1. The molecule has 1 aliphatic heterocycles. The maximum Gasteiger partial charge on any atom is 0.153 e. The second kappa shape index (κ2) is 5.96. The molecule has 0 saturated carbocycles. The molecular formula is C14H21N3O. The molecule has 0 atom stereocenters. The molecule has 0 unspecified atom stereocenters. The van der Waals surface area contributed by atoms with E-state index in [1.807, 2.05) is 13.1 Å². The molecule has 1 aromatic heterocycles. The van der Waals surface area contributed by atoms with Crippen molar-refractivity contribution in [3.63, 3.8) is 0 Å². The zero-order valence-corrected chi connectivity index (χ0v) is 11.2. The average Bonchev–Trinajstić information content (AvgIpc) is 2.41. The lowest BCUT2D eigenvalue weighted by Crippen LogP contribution is -2.36. The summed E-state index contributed by atoms with van der Waals surface area (Å²) in [7, 11) is 4.19. The van der Waals surface area contributed by atoms with Crippen molar-refractivity contribution in [1.82, 2.24) is 9.88 Å². The van der Waals surface area contributed by atoms with Crippen molar-refractivity contribution in [2.45, 2.75) is 12.8 Å². The molecule has 0 spiro atoms. The van der Waals surface area contributed by atoms with E-state index in [2.05, 4.69) is 21.8 Å². The number of carbonyl (C=O) groups excluding carboxylic acids is 1. The second-order valence-electron chi connectivity index (χ2n) is 5.16. The molecular weight excluding hydrogens is 226 g/mol. The van der Waals surface area contributed by atoms with Crippen molar-refractivity contribution in [2.75, 3.05) is 38.6 Å². The van der Waals surface area contributed by atoms with Gasteiger partial charge in [-0.25, -0.2) is 4.98 Å². The summed E-state index contributed by atoms with van der Waals surface area (Å²) in [6.45, 7) is 3.31. The standard InChI is InChI=1S/C14H21N3O/c1-16-8-5-12(6-9-16)10-17(2)14-13(11-18)4-3-7-15-14/h3-4,7,11-12H,5-6,8-10H2,1-2H3. The van der Waals surface area contributed by atoms with Crippen LogP contribution in [0.1, 0.15) is 23.2 Å². The Kier molecular flexibility index (Phi) is 4.31. The van der Waals surface area contributed by atoms with Crippen LogP contribution in [-0.4, -0.2) is 49.9 Å². The molecule has 0 bridgehead atoms. The molecule has 1 saturated heterocycles. The van der Waals surface area contributed by atoms with Gasteiger partial charge in [0.15, 0.2) is 6.29 Å². The number of pyridine rings is 1. The van der Waals surface area contributed by atoms with E-state index in [4.69, 9.17) is 0 Å². The van der Waals surface area contributed by atoms with Crippen molar-refractivity contribution in [3.8, 4) is 0 Å². The monoisotopic (exact) mass is 247 g/mol. The van der Waals surface area contributed by atoms with E-state index in [1.165, 1.54) is 25.9 Å². The first-order valence-corrected chi connectivity index (χ1v) is 6.50. The van der Waals surface area contributed by atoms with E-state index in [9.17, 15) is 4.79 Å². The van der Waals surface area contributed by atoms with Crippen LogP contribution in [0.15, 0.2) is 18.3 Å². The minimum absolute atomic E-state index is 0.674. The summed E-state index contributed by atoms with van der Waals surface area (Å²) in [5.41, 5.74) is 0.674. The lowest BCUT2D eigenvalue weighted by Gasteiger charge is -2.32. The van der Waals surface area contributed by atoms with Crippen LogP contribution in [0.3, 0.4) is 0 Å². The summed E-state index contributed by atoms with van der Waals surface area (Å²) < 4.78 is 0. The van der Waals surface area contributed by atoms with E-state index in [1.54, 1.807) is 12.3 Å². The predicted molar refractivity (Wildman–Crippen MR) is 73.1 cm³/mol. The zero-order valence-electron chi connectivity index (χ0n) is 11.2. The molecule has 0 amide bonds. The number of rotatable bonds is 4. The predicted octanol–water partition coefficient (Wildman–Crippen LogP) is 1.67. The lowest BCUT2D eigenvalue weighted by atomic mass is 9.96. The van der Waals surface area contributed by atoms with E-state index < -0.39 is 0 Å². The number of hydrogen-bond acceptors (Lipinski definition) is 4. The summed E-state index contributed by atoms with van der Waals surface area (Å²) in [6.07, 6.45) is 5.08. The van der Waals surface area contributed by atoms with Gasteiger partial charge in [-0.05, 0) is 51.0 Å². The first-order chi connectivity index (χ1) is 8.70. The molecule has 0 radical (unpaired) electrons. The molecule has 1 fully saturated rings. The molecule has 2 heterocycles. The summed E-state index contributed by atoms with van der Waals surface area (Å²) in [5, 5.41) is 0. The van der Waals surface area contributed by atoms with Crippen LogP contribution in [0.25, 0.3) is 0 Å². The zero-order chi connectivity index (χ0) is 13.0.